The molecule has 13 heteroatoms. The van der Waals surface area contributed by atoms with Gasteiger partial charge in [0, 0.05) is 0 Å². The Balaban J connectivity index is 4.89. The van der Waals surface area contributed by atoms with Gasteiger partial charge < -0.3 is 4.74 Å². The lowest BCUT2D eigenvalue weighted by Gasteiger charge is -2.19. The van der Waals surface area contributed by atoms with Gasteiger partial charge in [-0.3, -0.25) is 0 Å². The number of rotatable bonds is 4. The van der Waals surface area contributed by atoms with E-state index in [2.05, 4.69) is 4.74 Å². The van der Waals surface area contributed by atoms with Gasteiger partial charge in [0.15, 0.2) is 0 Å². The molecule has 3 nitrogen and oxygen atoms in total. The van der Waals surface area contributed by atoms with Crippen LogP contribution in [0.1, 0.15) is 12.8 Å². The molecule has 0 atom stereocenters. The fourth-order valence-corrected chi connectivity index (χ4v) is 0.881. The lowest BCUT2D eigenvalue weighted by atomic mass is 10.2. The molecule has 0 amide bonds. The fourth-order valence-electron chi connectivity index (χ4n) is 0.881. The Bertz CT molecular complexity index is 370. The van der Waals surface area contributed by atoms with Crippen LogP contribution in [0, 0.1) is 0 Å². The predicted octanol–water partition coefficient (Wildman–Crippen LogP) is 3.23. The van der Waals surface area contributed by atoms with Crippen LogP contribution in [0.2, 0.25) is 0 Å². The molecule has 0 aromatic carbocycles. The van der Waals surface area contributed by atoms with E-state index in [0.29, 0.717) is 0 Å². The van der Waals surface area contributed by atoms with Crippen LogP contribution in [0.3, 0.4) is 0 Å². The molecule has 0 aliphatic heterocycles. The van der Waals surface area contributed by atoms with Crippen molar-refractivity contribution in [3.8, 4) is 0 Å². The first-order valence-electron chi connectivity index (χ1n) is 4.62. The maximum absolute atomic E-state index is 12.6. The Labute approximate surface area is 108 Å². The van der Waals surface area contributed by atoms with Gasteiger partial charge in [-0.05, 0) is 0 Å². The van der Waals surface area contributed by atoms with E-state index in [1.54, 1.807) is 0 Å². The van der Waals surface area contributed by atoms with Crippen molar-refractivity contribution in [1.29, 1.82) is 0 Å². The molecule has 0 bridgehead atoms. The van der Waals surface area contributed by atoms with Crippen molar-refractivity contribution in [3.63, 3.8) is 0 Å². The van der Waals surface area contributed by atoms with Crippen molar-refractivity contribution >= 4 is 11.9 Å². The molecule has 0 radical (unpaired) electrons. The summed E-state index contributed by atoms with van der Waals surface area (Å²) in [5.74, 6) is -17.5. The second kappa shape index (κ2) is 5.67. The first kappa shape index (κ1) is 19.4. The number of hydrogen-bond donors (Lipinski definition) is 0. The van der Waals surface area contributed by atoms with Crippen LogP contribution in [0.4, 0.5) is 43.9 Å². The smallest absolute Gasteiger partial charge is 0.384 e. The first-order valence-corrected chi connectivity index (χ1v) is 4.62. The van der Waals surface area contributed by atoms with Crippen molar-refractivity contribution in [3.05, 3.63) is 0 Å². The van der Waals surface area contributed by atoms with Gasteiger partial charge in [0.05, 0.1) is 0 Å². The first-order chi connectivity index (χ1) is 8.96. The summed E-state index contributed by atoms with van der Waals surface area (Å²) >= 11 is 0. The number of ether oxygens (including phenoxy) is 1. The number of alkyl halides is 10. The Morgan fingerprint density at radius 2 is 0.857 bits per heavy atom. The molecule has 0 spiro atoms. The van der Waals surface area contributed by atoms with Crippen LogP contribution in [-0.4, -0.2) is 36.1 Å². The predicted molar refractivity (Wildman–Crippen MR) is 42.3 cm³/mol. The Hall–Kier alpha value is -1.56. The second-order valence-corrected chi connectivity index (χ2v) is 3.67. The van der Waals surface area contributed by atoms with Gasteiger partial charge in [-0.2, -0.15) is 43.9 Å². The Morgan fingerprint density at radius 3 is 1.05 bits per heavy atom. The Kier molecular flexibility index (Phi) is 5.25. The molecule has 0 aliphatic carbocycles. The molecule has 21 heavy (non-hydrogen) atoms. The van der Waals surface area contributed by atoms with Gasteiger partial charge in [0.2, 0.25) is 0 Å². The SMILES string of the molecule is O=C(OC(=O)C(F)(F)CC(F)(F)F)C(F)(F)CC(F)(F)F. The summed E-state index contributed by atoms with van der Waals surface area (Å²) in [6.45, 7) is 0. The summed E-state index contributed by atoms with van der Waals surface area (Å²) in [6, 6.07) is 0. The third kappa shape index (κ3) is 7.13. The largest absolute Gasteiger partial charge is 0.395 e. The second-order valence-electron chi connectivity index (χ2n) is 3.67. The minimum Gasteiger partial charge on any atom is -0.384 e. The van der Waals surface area contributed by atoms with E-state index in [9.17, 15) is 53.5 Å². The number of hydrogen-bond acceptors (Lipinski definition) is 3. The molecule has 0 rings (SSSR count). The highest BCUT2D eigenvalue weighted by Gasteiger charge is 2.55. The van der Waals surface area contributed by atoms with E-state index in [1.165, 1.54) is 0 Å². The van der Waals surface area contributed by atoms with Gasteiger partial charge in [-0.15, -0.1) is 0 Å². The van der Waals surface area contributed by atoms with Crippen LogP contribution < -0.4 is 0 Å². The minimum absolute atomic E-state index is 2.69. The third-order valence-corrected chi connectivity index (χ3v) is 1.63. The van der Waals surface area contributed by atoms with Crippen LogP contribution >= 0.6 is 0 Å². The number of esters is 2. The lowest BCUT2D eigenvalue weighted by Crippen LogP contribution is -2.42. The highest BCUT2D eigenvalue weighted by atomic mass is 19.4. The van der Waals surface area contributed by atoms with Crippen molar-refractivity contribution in [1.82, 2.24) is 0 Å². The average Bonchev–Trinajstić information content (AvgIpc) is 2.08. The van der Waals surface area contributed by atoms with Crippen LogP contribution in [-0.2, 0) is 14.3 Å². The summed E-state index contributed by atoms with van der Waals surface area (Å²) in [4.78, 5) is 20.9. The Morgan fingerprint density at radius 1 is 0.619 bits per heavy atom. The van der Waals surface area contributed by atoms with E-state index in [4.69, 9.17) is 0 Å². The summed E-state index contributed by atoms with van der Waals surface area (Å²) < 4.78 is 123. The van der Waals surface area contributed by atoms with E-state index in [0.717, 1.165) is 0 Å². The summed E-state index contributed by atoms with van der Waals surface area (Å²) in [5.41, 5.74) is 0. The number of halogens is 10. The van der Waals surface area contributed by atoms with Crippen molar-refractivity contribution < 1.29 is 58.2 Å². The number of carbonyl (C=O) groups excluding carboxylic acids is 2. The van der Waals surface area contributed by atoms with Gasteiger partial charge >= 0.3 is 36.1 Å². The van der Waals surface area contributed by atoms with Crippen LogP contribution in [0.25, 0.3) is 0 Å². The molecule has 0 heterocycles. The number of carbonyl (C=O) groups is 2. The summed E-state index contributed by atoms with van der Waals surface area (Å²) in [7, 11) is 0. The van der Waals surface area contributed by atoms with Crippen molar-refractivity contribution in [2.45, 2.75) is 37.0 Å². The average molecular weight is 338 g/mol. The molecule has 0 saturated heterocycles. The molecular weight excluding hydrogens is 334 g/mol. The molecule has 124 valence electrons. The molecule has 0 aromatic rings. The van der Waals surface area contributed by atoms with Gasteiger partial charge in [0.1, 0.15) is 12.8 Å². The van der Waals surface area contributed by atoms with Gasteiger partial charge in [0.25, 0.3) is 0 Å². The van der Waals surface area contributed by atoms with Gasteiger partial charge in [-0.25, -0.2) is 9.59 Å². The maximum Gasteiger partial charge on any atom is 0.395 e. The lowest BCUT2D eigenvalue weighted by molar-refractivity contribution is -0.223. The topological polar surface area (TPSA) is 43.4 Å². The third-order valence-electron chi connectivity index (χ3n) is 1.63. The zero-order chi connectivity index (χ0) is 17.3. The van der Waals surface area contributed by atoms with Crippen LogP contribution in [0.5, 0.6) is 0 Å². The minimum atomic E-state index is -5.61. The zero-order valence-corrected chi connectivity index (χ0v) is 9.42. The molecule has 0 fully saturated rings. The fraction of sp³-hybridized carbons (Fsp3) is 0.750. The molecule has 0 N–H and O–H groups in total. The molecule has 0 aromatic heterocycles. The highest BCUT2D eigenvalue weighted by molar-refractivity contribution is 5.92. The van der Waals surface area contributed by atoms with Gasteiger partial charge in [-0.1, -0.05) is 0 Å². The molecular formula is C8H4F10O3. The zero-order valence-electron chi connectivity index (χ0n) is 9.42. The normalized spacial score (nSPS) is 14.0. The van der Waals surface area contributed by atoms with Crippen molar-refractivity contribution in [2.24, 2.45) is 0 Å². The van der Waals surface area contributed by atoms with E-state index < -0.39 is 49.0 Å². The summed E-state index contributed by atoms with van der Waals surface area (Å²) in [6.07, 6.45) is -17.5. The van der Waals surface area contributed by atoms with Crippen LogP contribution in [0.15, 0.2) is 0 Å². The van der Waals surface area contributed by atoms with Crippen molar-refractivity contribution in [2.75, 3.05) is 0 Å². The maximum atomic E-state index is 12.6. The standard InChI is InChI=1S/C8H4F10O3/c9-5(10,1-7(13,14)15)3(19)21-4(20)6(11,12)2-8(16,17)18/h1-2H2. The van der Waals surface area contributed by atoms with E-state index in [-0.39, 0.29) is 0 Å². The summed E-state index contributed by atoms with van der Waals surface area (Å²) in [5, 5.41) is 0. The van der Waals surface area contributed by atoms with E-state index >= 15 is 0 Å². The highest BCUT2D eigenvalue weighted by Crippen LogP contribution is 2.35. The van der Waals surface area contributed by atoms with E-state index in [1.807, 2.05) is 0 Å². The quantitative estimate of drug-likeness (QED) is 0.449. The molecule has 0 unspecified atom stereocenters. The monoisotopic (exact) mass is 338 g/mol. The molecule has 0 saturated carbocycles. The molecule has 0 aliphatic rings.